The van der Waals surface area contributed by atoms with Crippen LogP contribution in [0.4, 0.5) is 0 Å². The number of phosphoric acid groups is 1. The zero-order valence-corrected chi connectivity index (χ0v) is 6.80. The molecule has 0 aliphatic rings. The van der Waals surface area contributed by atoms with Gasteiger partial charge in [-0.15, -0.1) is 0 Å². The van der Waals surface area contributed by atoms with Gasteiger partial charge in [-0.05, 0) is 0 Å². The second-order valence-electron chi connectivity index (χ2n) is 0.513. The van der Waals surface area contributed by atoms with E-state index >= 15 is 0 Å². The van der Waals surface area contributed by atoms with Crippen LogP contribution in [0.25, 0.3) is 0 Å². The fourth-order valence-electron chi connectivity index (χ4n) is 0. The van der Waals surface area contributed by atoms with Gasteiger partial charge in [-0.2, -0.15) is 0 Å². The van der Waals surface area contributed by atoms with Crippen LogP contribution in [-0.4, -0.2) is 14.7 Å². The minimum atomic E-state index is -4.64. The molecule has 0 aliphatic heterocycles. The molecule has 0 radical (unpaired) electrons. The first kappa shape index (κ1) is 15.7. The smallest absolute Gasteiger partial charge is 1.00 e. The van der Waals surface area contributed by atoms with Crippen molar-refractivity contribution in [3.05, 3.63) is 0 Å². The van der Waals surface area contributed by atoms with Crippen LogP contribution in [-0.2, 0) is 4.57 Å². The van der Waals surface area contributed by atoms with Crippen molar-refractivity contribution in [1.29, 1.82) is 0 Å². The van der Waals surface area contributed by atoms with Gasteiger partial charge < -0.3 is 22.3 Å². The number of rotatable bonds is 0. The average Bonchev–Trinajstić information content (AvgIpc) is 0.722. The van der Waals surface area contributed by atoms with E-state index in [4.69, 9.17) is 19.2 Å². The van der Waals surface area contributed by atoms with Crippen molar-refractivity contribution in [3.8, 4) is 0 Å². The summed E-state index contributed by atoms with van der Waals surface area (Å²) in [5.41, 5.74) is 0. The third kappa shape index (κ3) is 159. The van der Waals surface area contributed by atoms with E-state index in [1.54, 1.807) is 0 Å². The molecule has 0 fully saturated rings. The van der Waals surface area contributed by atoms with Crippen LogP contribution in [0, 0.1) is 0 Å². The van der Waals surface area contributed by atoms with Gasteiger partial charge in [0.1, 0.15) is 0 Å². The van der Waals surface area contributed by atoms with E-state index in [1.807, 2.05) is 0 Å². The first-order valence-corrected chi connectivity index (χ1v) is 2.35. The van der Waals surface area contributed by atoms with Gasteiger partial charge in [-0.25, -0.2) is 4.57 Å². The minimum absolute atomic E-state index is 0. The van der Waals surface area contributed by atoms with Crippen molar-refractivity contribution in [2.45, 2.75) is 0 Å². The minimum Gasteiger partial charge on any atom is -1.00 e. The first-order chi connectivity index (χ1) is 2.00. The van der Waals surface area contributed by atoms with Gasteiger partial charge in [0, 0.05) is 0 Å². The fraction of sp³-hybridized carbons (Fsp3) is 0. The molecule has 7 heteroatoms. The van der Waals surface area contributed by atoms with E-state index in [0.29, 0.717) is 0 Å². The Morgan fingerprint density at radius 3 is 1.29 bits per heavy atom. The Labute approximate surface area is 64.3 Å². The molecule has 6 N–H and O–H groups in total. The van der Waals surface area contributed by atoms with Crippen molar-refractivity contribution in [1.82, 2.24) is 6.15 Å². The molecule has 0 aromatic rings. The summed E-state index contributed by atoms with van der Waals surface area (Å²) in [6.07, 6.45) is 0. The van der Waals surface area contributed by atoms with Crippen molar-refractivity contribution < 1.29 is 50.2 Å². The van der Waals surface area contributed by atoms with Crippen molar-refractivity contribution >= 4 is 7.82 Å². The maximum absolute atomic E-state index is 8.88. The van der Waals surface area contributed by atoms with Gasteiger partial charge in [0.15, 0.2) is 0 Å². The number of hydrogen-bond acceptors (Lipinski definition) is 2. The Bertz CT molecular complexity index is 62.2. The summed E-state index contributed by atoms with van der Waals surface area (Å²) in [6, 6.07) is 0. The van der Waals surface area contributed by atoms with Crippen LogP contribution in [0.15, 0.2) is 0 Å². The Morgan fingerprint density at radius 1 is 1.29 bits per heavy atom. The van der Waals surface area contributed by atoms with Crippen LogP contribution in [0.2, 0.25) is 0 Å². The molecule has 5 nitrogen and oxygen atoms in total. The molecule has 0 spiro atoms. The van der Waals surface area contributed by atoms with Gasteiger partial charge in [-0.3, -0.25) is 0 Å². The van der Waals surface area contributed by atoms with Crippen LogP contribution >= 0.6 is 7.82 Å². The quantitative estimate of drug-likeness (QED) is 0.204. The van der Waals surface area contributed by atoms with E-state index in [0.717, 1.165) is 0 Å². The molecule has 0 saturated carbocycles. The molecule has 0 saturated heterocycles. The Kier molecular flexibility index (Phi) is 11.7. The van der Waals surface area contributed by atoms with Gasteiger partial charge in [-0.1, -0.05) is 0 Å². The van der Waals surface area contributed by atoms with E-state index in [9.17, 15) is 0 Å². The SMILES string of the molecule is N.O=P(O)(O)O.[H-].[Na+]. The van der Waals surface area contributed by atoms with E-state index in [2.05, 4.69) is 0 Å². The molecular formula is H7NNaO4P. The van der Waals surface area contributed by atoms with Gasteiger partial charge in [0.2, 0.25) is 0 Å². The summed E-state index contributed by atoms with van der Waals surface area (Å²) in [7, 11) is -4.64. The molecule has 0 amide bonds. The molecule has 0 heterocycles. The third-order valence-electron chi connectivity index (χ3n) is 0. The summed E-state index contributed by atoms with van der Waals surface area (Å²) in [5, 5.41) is 0. The summed E-state index contributed by atoms with van der Waals surface area (Å²) in [5.74, 6) is 0. The summed E-state index contributed by atoms with van der Waals surface area (Å²) in [4.78, 5) is 21.6. The second kappa shape index (κ2) is 5.21. The standard InChI is InChI=1S/H3N.Na.H3O4P.H/c;;1-5(2,3)4;/h1H3;;(H3,1,2,3,4);/q;+1;;-1. The average molecular weight is 139 g/mol. The summed E-state index contributed by atoms with van der Waals surface area (Å²) < 4.78 is 8.88. The monoisotopic (exact) mass is 139 g/mol. The van der Waals surface area contributed by atoms with Gasteiger partial charge in [0.05, 0.1) is 0 Å². The molecule has 42 valence electrons. The second-order valence-corrected chi connectivity index (χ2v) is 1.54. The normalized spacial score (nSPS) is 8.43. The third-order valence-corrected chi connectivity index (χ3v) is 0. The van der Waals surface area contributed by atoms with Crippen LogP contribution in [0.5, 0.6) is 0 Å². The van der Waals surface area contributed by atoms with Crippen molar-refractivity contribution in [3.63, 3.8) is 0 Å². The molecule has 0 unspecified atom stereocenters. The van der Waals surface area contributed by atoms with Gasteiger partial charge in [0.25, 0.3) is 0 Å². The molecule has 0 atom stereocenters. The predicted octanol–water partition coefficient (Wildman–Crippen LogP) is -3.65. The molecule has 7 heavy (non-hydrogen) atoms. The Hall–Kier alpha value is 1.07. The van der Waals surface area contributed by atoms with Crippen LogP contribution < -0.4 is 35.7 Å². The van der Waals surface area contributed by atoms with Crippen LogP contribution in [0.3, 0.4) is 0 Å². The molecular weight excluding hydrogens is 132 g/mol. The largest absolute Gasteiger partial charge is 1.00 e. The Morgan fingerprint density at radius 2 is 1.29 bits per heavy atom. The summed E-state index contributed by atoms with van der Waals surface area (Å²) in [6.45, 7) is 0. The first-order valence-electron chi connectivity index (χ1n) is 0.783. The van der Waals surface area contributed by atoms with Crippen molar-refractivity contribution in [2.75, 3.05) is 0 Å². The fourth-order valence-corrected chi connectivity index (χ4v) is 0. The predicted molar refractivity (Wildman–Crippen MR) is 20.4 cm³/mol. The van der Waals surface area contributed by atoms with E-state index in [-0.39, 0.29) is 37.1 Å². The molecule has 0 aliphatic carbocycles. The molecule has 0 aromatic carbocycles. The zero-order chi connectivity index (χ0) is 4.50. The number of hydrogen-bond donors (Lipinski definition) is 4. The molecule has 0 bridgehead atoms. The molecule has 0 rings (SSSR count). The molecule has 0 aromatic heterocycles. The Balaban J connectivity index is -0.0000000267. The maximum Gasteiger partial charge on any atom is 1.00 e. The van der Waals surface area contributed by atoms with Crippen molar-refractivity contribution in [2.24, 2.45) is 0 Å². The van der Waals surface area contributed by atoms with Gasteiger partial charge >= 0.3 is 37.4 Å². The topological polar surface area (TPSA) is 113 Å². The van der Waals surface area contributed by atoms with E-state index < -0.39 is 7.82 Å². The summed E-state index contributed by atoms with van der Waals surface area (Å²) >= 11 is 0. The van der Waals surface area contributed by atoms with E-state index in [1.165, 1.54) is 0 Å². The van der Waals surface area contributed by atoms with Crippen LogP contribution in [0.1, 0.15) is 1.43 Å². The zero-order valence-electron chi connectivity index (χ0n) is 4.90. The maximum atomic E-state index is 8.88.